The molecule has 0 heterocycles. The molecule has 0 aliphatic carbocycles. The van der Waals surface area contributed by atoms with Crippen molar-refractivity contribution in [3.63, 3.8) is 0 Å². The SMILES string of the molecule is O=S(=O)(O)c1ccc(Cl)c(NCC(O)CO)c1. The number of benzene rings is 1. The second-order valence-corrected chi connectivity index (χ2v) is 5.16. The van der Waals surface area contributed by atoms with Gasteiger partial charge < -0.3 is 15.5 Å². The highest BCUT2D eigenvalue weighted by Gasteiger charge is 2.12. The van der Waals surface area contributed by atoms with E-state index >= 15 is 0 Å². The lowest BCUT2D eigenvalue weighted by Crippen LogP contribution is -2.23. The first-order valence-electron chi connectivity index (χ1n) is 4.64. The van der Waals surface area contributed by atoms with E-state index in [1.54, 1.807) is 0 Å². The number of aliphatic hydroxyl groups is 2. The summed E-state index contributed by atoms with van der Waals surface area (Å²) in [5, 5.41) is 20.6. The molecule has 1 aromatic carbocycles. The van der Waals surface area contributed by atoms with Crippen molar-refractivity contribution in [1.29, 1.82) is 0 Å². The third kappa shape index (κ3) is 4.14. The molecule has 0 aromatic heterocycles. The second-order valence-electron chi connectivity index (χ2n) is 3.33. The standard InChI is InChI=1S/C9H12ClNO5S/c10-8-2-1-7(17(14,15)16)3-9(8)11-4-6(13)5-12/h1-3,6,11-13H,4-5H2,(H,14,15,16). The van der Waals surface area contributed by atoms with E-state index in [-0.39, 0.29) is 22.2 Å². The molecule has 4 N–H and O–H groups in total. The van der Waals surface area contributed by atoms with Crippen molar-refractivity contribution >= 4 is 27.4 Å². The van der Waals surface area contributed by atoms with Gasteiger partial charge in [-0.2, -0.15) is 8.42 Å². The van der Waals surface area contributed by atoms with Crippen molar-refractivity contribution in [3.8, 4) is 0 Å². The predicted molar refractivity (Wildman–Crippen MR) is 62.8 cm³/mol. The van der Waals surface area contributed by atoms with Gasteiger partial charge in [-0.3, -0.25) is 4.55 Å². The fourth-order valence-corrected chi connectivity index (χ4v) is 1.78. The molecule has 1 atom stereocenters. The number of aliphatic hydroxyl groups excluding tert-OH is 2. The minimum atomic E-state index is -4.30. The number of halogens is 1. The van der Waals surface area contributed by atoms with Crippen LogP contribution in [-0.4, -0.2) is 42.4 Å². The maximum Gasteiger partial charge on any atom is 0.294 e. The van der Waals surface area contributed by atoms with Crippen LogP contribution >= 0.6 is 11.6 Å². The number of rotatable bonds is 5. The Morgan fingerprint density at radius 1 is 1.41 bits per heavy atom. The normalized spacial score (nSPS) is 13.4. The summed E-state index contributed by atoms with van der Waals surface area (Å²) in [5.41, 5.74) is 0.245. The van der Waals surface area contributed by atoms with Crippen molar-refractivity contribution in [2.24, 2.45) is 0 Å². The number of anilines is 1. The van der Waals surface area contributed by atoms with Gasteiger partial charge in [-0.1, -0.05) is 11.6 Å². The summed E-state index contributed by atoms with van der Waals surface area (Å²) in [6.07, 6.45) is -0.986. The molecular weight excluding hydrogens is 270 g/mol. The van der Waals surface area contributed by atoms with Gasteiger partial charge in [0.15, 0.2) is 0 Å². The van der Waals surface area contributed by atoms with Crippen molar-refractivity contribution < 1.29 is 23.2 Å². The second kappa shape index (κ2) is 5.65. The van der Waals surface area contributed by atoms with E-state index in [9.17, 15) is 8.42 Å². The lowest BCUT2D eigenvalue weighted by molar-refractivity contribution is 0.105. The highest BCUT2D eigenvalue weighted by atomic mass is 35.5. The Labute approximate surface area is 104 Å². The van der Waals surface area contributed by atoms with Crippen LogP contribution in [0.5, 0.6) is 0 Å². The van der Waals surface area contributed by atoms with E-state index in [2.05, 4.69) is 5.32 Å². The molecule has 0 amide bonds. The van der Waals surface area contributed by atoms with Crippen LogP contribution in [0.2, 0.25) is 5.02 Å². The van der Waals surface area contributed by atoms with Crippen LogP contribution in [0.25, 0.3) is 0 Å². The first-order chi connectivity index (χ1) is 7.84. The molecule has 1 unspecified atom stereocenters. The zero-order chi connectivity index (χ0) is 13.1. The molecule has 6 nitrogen and oxygen atoms in total. The number of hydrogen-bond acceptors (Lipinski definition) is 5. The van der Waals surface area contributed by atoms with Gasteiger partial charge in [-0.25, -0.2) is 0 Å². The highest BCUT2D eigenvalue weighted by molar-refractivity contribution is 7.85. The van der Waals surface area contributed by atoms with E-state index < -0.39 is 22.8 Å². The average Bonchev–Trinajstić information content (AvgIpc) is 2.26. The monoisotopic (exact) mass is 281 g/mol. The summed E-state index contributed by atoms with van der Waals surface area (Å²) in [7, 11) is -4.30. The number of nitrogens with one attached hydrogen (secondary N) is 1. The Bertz CT molecular complexity index is 490. The van der Waals surface area contributed by atoms with Crippen LogP contribution in [0.3, 0.4) is 0 Å². The molecule has 1 rings (SSSR count). The van der Waals surface area contributed by atoms with Crippen LogP contribution < -0.4 is 5.32 Å². The zero-order valence-corrected chi connectivity index (χ0v) is 10.2. The summed E-state index contributed by atoms with van der Waals surface area (Å²) >= 11 is 5.79. The highest BCUT2D eigenvalue weighted by Crippen LogP contribution is 2.25. The predicted octanol–water partition coefficient (Wildman–Crippen LogP) is 0.352. The van der Waals surface area contributed by atoms with E-state index in [0.717, 1.165) is 12.1 Å². The molecule has 0 spiro atoms. The van der Waals surface area contributed by atoms with Gasteiger partial charge in [0, 0.05) is 6.54 Å². The fourth-order valence-electron chi connectivity index (χ4n) is 1.09. The molecule has 0 bridgehead atoms. The lowest BCUT2D eigenvalue weighted by Gasteiger charge is -2.12. The summed E-state index contributed by atoms with van der Waals surface area (Å²) < 4.78 is 30.6. The van der Waals surface area contributed by atoms with Crippen molar-refractivity contribution in [1.82, 2.24) is 0 Å². The summed E-state index contributed by atoms with van der Waals surface area (Å²) in [6, 6.07) is 3.60. The van der Waals surface area contributed by atoms with Crippen LogP contribution in [0.15, 0.2) is 23.1 Å². The largest absolute Gasteiger partial charge is 0.394 e. The molecule has 8 heteroatoms. The fraction of sp³-hybridized carbons (Fsp3) is 0.333. The third-order valence-electron chi connectivity index (χ3n) is 1.97. The maximum absolute atomic E-state index is 10.9. The molecule has 17 heavy (non-hydrogen) atoms. The minimum absolute atomic E-state index is 0.00511. The first-order valence-corrected chi connectivity index (χ1v) is 6.46. The third-order valence-corrected chi connectivity index (χ3v) is 3.15. The minimum Gasteiger partial charge on any atom is -0.394 e. The summed E-state index contributed by atoms with van der Waals surface area (Å²) in [6.45, 7) is -0.423. The number of hydrogen-bond donors (Lipinski definition) is 4. The Morgan fingerprint density at radius 2 is 2.06 bits per heavy atom. The Hall–Kier alpha value is -0.860. The first kappa shape index (κ1) is 14.2. The van der Waals surface area contributed by atoms with Gasteiger partial charge in [-0.15, -0.1) is 0 Å². The van der Waals surface area contributed by atoms with Crippen LogP contribution in [0.4, 0.5) is 5.69 Å². The molecular formula is C9H12ClNO5S. The van der Waals surface area contributed by atoms with Crippen molar-refractivity contribution in [2.45, 2.75) is 11.0 Å². The quantitative estimate of drug-likeness (QED) is 0.580. The van der Waals surface area contributed by atoms with E-state index in [1.165, 1.54) is 6.07 Å². The molecule has 96 valence electrons. The van der Waals surface area contributed by atoms with Gasteiger partial charge in [0.05, 0.1) is 28.3 Å². The Balaban J connectivity index is 2.92. The molecule has 0 aliphatic heterocycles. The summed E-state index contributed by atoms with van der Waals surface area (Å²) in [4.78, 5) is -0.303. The molecule has 0 fully saturated rings. The summed E-state index contributed by atoms with van der Waals surface area (Å²) in [5.74, 6) is 0. The zero-order valence-electron chi connectivity index (χ0n) is 8.67. The Kier molecular flexibility index (Phi) is 4.72. The van der Waals surface area contributed by atoms with Gasteiger partial charge >= 0.3 is 0 Å². The Morgan fingerprint density at radius 3 is 2.59 bits per heavy atom. The smallest absolute Gasteiger partial charge is 0.294 e. The van der Waals surface area contributed by atoms with Crippen LogP contribution in [-0.2, 0) is 10.1 Å². The topological polar surface area (TPSA) is 107 Å². The van der Waals surface area contributed by atoms with Crippen LogP contribution in [0, 0.1) is 0 Å². The van der Waals surface area contributed by atoms with Gasteiger partial charge in [0.25, 0.3) is 10.1 Å². The van der Waals surface area contributed by atoms with E-state index in [4.69, 9.17) is 26.4 Å². The molecule has 1 aromatic rings. The lowest BCUT2D eigenvalue weighted by atomic mass is 10.3. The van der Waals surface area contributed by atoms with Crippen LogP contribution in [0.1, 0.15) is 0 Å². The maximum atomic E-state index is 10.9. The molecule has 0 aliphatic rings. The molecule has 0 saturated heterocycles. The average molecular weight is 282 g/mol. The van der Waals surface area contributed by atoms with Gasteiger partial charge in [0.2, 0.25) is 0 Å². The van der Waals surface area contributed by atoms with Gasteiger partial charge in [-0.05, 0) is 18.2 Å². The van der Waals surface area contributed by atoms with Crippen molar-refractivity contribution in [2.75, 3.05) is 18.5 Å². The molecule has 0 saturated carbocycles. The van der Waals surface area contributed by atoms with Crippen molar-refractivity contribution in [3.05, 3.63) is 23.2 Å². The van der Waals surface area contributed by atoms with E-state index in [1.807, 2.05) is 0 Å². The van der Waals surface area contributed by atoms with E-state index in [0.29, 0.717) is 0 Å². The molecule has 0 radical (unpaired) electrons. The van der Waals surface area contributed by atoms with Gasteiger partial charge in [0.1, 0.15) is 0 Å².